The Balaban J connectivity index is 1.77. The number of esters is 1. The molecule has 0 bridgehead atoms. The zero-order chi connectivity index (χ0) is 18.2. The lowest BCUT2D eigenvalue weighted by Crippen LogP contribution is -2.35. The molecule has 1 saturated heterocycles. The fourth-order valence-corrected chi connectivity index (χ4v) is 3.21. The standard InChI is InChI=1S/C18H23ClN2O3S/c1-2-3-4-7-13-10-12(17(23)24-13)11-16(22)21-18(25)20-15-9-6-5-8-14(15)19/h5-6,8-9,12-13H,2-4,7,10-11H2,1H3,(H2,20,21,22,25)/t12-,13+/m1/s1. The maximum atomic E-state index is 12.1. The Labute approximate surface area is 158 Å². The predicted octanol–water partition coefficient (Wildman–Crippen LogP) is 4.06. The SMILES string of the molecule is CCCCC[C@H]1C[C@H](CC(=O)NC(=S)Nc2ccccc2Cl)C(=O)O1. The molecule has 0 aromatic heterocycles. The van der Waals surface area contributed by atoms with E-state index in [-0.39, 0.29) is 29.5 Å². The Bertz CT molecular complexity index is 639. The number of nitrogens with one attached hydrogen (secondary N) is 2. The van der Waals surface area contributed by atoms with Crippen molar-refractivity contribution in [2.75, 3.05) is 5.32 Å². The van der Waals surface area contributed by atoms with Gasteiger partial charge >= 0.3 is 5.97 Å². The van der Waals surface area contributed by atoms with Crippen LogP contribution in [0.5, 0.6) is 0 Å². The number of para-hydroxylation sites is 1. The Hall–Kier alpha value is -1.66. The number of thiocarbonyl (C=S) groups is 1. The van der Waals surface area contributed by atoms with Crippen LogP contribution in [0.1, 0.15) is 45.4 Å². The molecule has 1 fully saturated rings. The summed E-state index contributed by atoms with van der Waals surface area (Å²) < 4.78 is 5.35. The van der Waals surface area contributed by atoms with E-state index in [2.05, 4.69) is 17.6 Å². The van der Waals surface area contributed by atoms with Gasteiger partial charge in [-0.3, -0.25) is 9.59 Å². The van der Waals surface area contributed by atoms with Gasteiger partial charge in [0.1, 0.15) is 6.10 Å². The summed E-state index contributed by atoms with van der Waals surface area (Å²) in [6.45, 7) is 2.13. The van der Waals surface area contributed by atoms with Gasteiger partial charge in [-0.2, -0.15) is 0 Å². The topological polar surface area (TPSA) is 67.4 Å². The third kappa shape index (κ3) is 6.29. The molecule has 0 unspecified atom stereocenters. The molecular formula is C18H23ClN2O3S. The molecule has 7 heteroatoms. The van der Waals surface area contributed by atoms with Gasteiger partial charge in [0.2, 0.25) is 5.91 Å². The van der Waals surface area contributed by atoms with E-state index in [9.17, 15) is 9.59 Å². The van der Waals surface area contributed by atoms with Crippen LogP contribution in [0.4, 0.5) is 5.69 Å². The first-order chi connectivity index (χ1) is 12.0. The van der Waals surface area contributed by atoms with Crippen LogP contribution in [-0.4, -0.2) is 23.1 Å². The van der Waals surface area contributed by atoms with Gasteiger partial charge in [-0.1, -0.05) is 43.5 Å². The van der Waals surface area contributed by atoms with Crippen LogP contribution in [0, 0.1) is 5.92 Å². The zero-order valence-corrected chi connectivity index (χ0v) is 15.8. The second kappa shape index (κ2) is 9.73. The molecule has 0 aliphatic carbocycles. The normalized spacial score (nSPS) is 19.4. The molecule has 0 radical (unpaired) electrons. The zero-order valence-electron chi connectivity index (χ0n) is 14.2. The second-order valence-corrected chi connectivity index (χ2v) is 6.99. The highest BCUT2D eigenvalue weighted by Crippen LogP contribution is 2.27. The largest absolute Gasteiger partial charge is 0.462 e. The molecule has 1 aromatic rings. The van der Waals surface area contributed by atoms with Crippen LogP contribution in [0.2, 0.25) is 5.02 Å². The van der Waals surface area contributed by atoms with E-state index >= 15 is 0 Å². The van der Waals surface area contributed by atoms with Crippen molar-refractivity contribution in [1.29, 1.82) is 0 Å². The molecule has 1 heterocycles. The summed E-state index contributed by atoms with van der Waals surface area (Å²) in [4.78, 5) is 24.0. The summed E-state index contributed by atoms with van der Waals surface area (Å²) in [6.07, 6.45) is 4.77. The fraction of sp³-hybridized carbons (Fsp3) is 0.500. The van der Waals surface area contributed by atoms with Gasteiger partial charge in [0.05, 0.1) is 16.6 Å². The molecule has 1 aliphatic heterocycles. The van der Waals surface area contributed by atoms with Gasteiger partial charge in [0, 0.05) is 6.42 Å². The van der Waals surface area contributed by atoms with E-state index in [4.69, 9.17) is 28.6 Å². The number of halogens is 1. The van der Waals surface area contributed by atoms with Crippen molar-refractivity contribution >= 4 is 46.5 Å². The molecule has 2 rings (SSSR count). The van der Waals surface area contributed by atoms with E-state index in [1.54, 1.807) is 18.2 Å². The molecule has 2 atom stereocenters. The average Bonchev–Trinajstić information content (AvgIpc) is 2.89. The highest BCUT2D eigenvalue weighted by molar-refractivity contribution is 7.80. The molecule has 1 amide bonds. The maximum absolute atomic E-state index is 12.1. The number of ether oxygens (including phenoxy) is 1. The Morgan fingerprint density at radius 2 is 2.12 bits per heavy atom. The summed E-state index contributed by atoms with van der Waals surface area (Å²) in [6, 6.07) is 7.10. The van der Waals surface area contributed by atoms with Gasteiger partial charge < -0.3 is 15.4 Å². The van der Waals surface area contributed by atoms with Crippen LogP contribution < -0.4 is 10.6 Å². The molecular weight excluding hydrogens is 360 g/mol. The van der Waals surface area contributed by atoms with Crippen molar-refractivity contribution in [2.24, 2.45) is 5.92 Å². The minimum absolute atomic E-state index is 0.0648. The molecule has 2 N–H and O–H groups in total. The highest BCUT2D eigenvalue weighted by atomic mass is 35.5. The van der Waals surface area contributed by atoms with E-state index in [1.807, 2.05) is 6.07 Å². The van der Waals surface area contributed by atoms with Crippen molar-refractivity contribution in [2.45, 2.75) is 51.6 Å². The number of carbonyl (C=O) groups is 2. The predicted molar refractivity (Wildman–Crippen MR) is 103 cm³/mol. The summed E-state index contributed by atoms with van der Waals surface area (Å²) in [5.41, 5.74) is 0.616. The van der Waals surface area contributed by atoms with Crippen molar-refractivity contribution in [3.8, 4) is 0 Å². The van der Waals surface area contributed by atoms with Crippen LogP contribution in [0.3, 0.4) is 0 Å². The van der Waals surface area contributed by atoms with Gasteiger partial charge in [-0.05, 0) is 43.6 Å². The number of anilines is 1. The number of hydrogen-bond donors (Lipinski definition) is 2. The molecule has 0 saturated carbocycles. The van der Waals surface area contributed by atoms with Crippen LogP contribution in [0.15, 0.2) is 24.3 Å². The maximum Gasteiger partial charge on any atom is 0.309 e. The van der Waals surface area contributed by atoms with E-state index in [0.717, 1.165) is 25.7 Å². The van der Waals surface area contributed by atoms with Crippen molar-refractivity contribution in [3.05, 3.63) is 29.3 Å². The molecule has 0 spiro atoms. The van der Waals surface area contributed by atoms with Gasteiger partial charge in [-0.25, -0.2) is 0 Å². The van der Waals surface area contributed by atoms with Gasteiger partial charge in [0.15, 0.2) is 5.11 Å². The number of unbranched alkanes of at least 4 members (excludes halogenated alkanes) is 2. The van der Waals surface area contributed by atoms with E-state index in [0.29, 0.717) is 17.1 Å². The molecule has 1 aromatic carbocycles. The fourth-order valence-electron chi connectivity index (χ4n) is 2.81. The molecule has 1 aliphatic rings. The van der Waals surface area contributed by atoms with E-state index in [1.165, 1.54) is 0 Å². The number of rotatable bonds is 7. The monoisotopic (exact) mass is 382 g/mol. The third-order valence-electron chi connectivity index (χ3n) is 4.10. The number of benzene rings is 1. The summed E-state index contributed by atoms with van der Waals surface area (Å²) in [7, 11) is 0. The van der Waals surface area contributed by atoms with Crippen molar-refractivity contribution < 1.29 is 14.3 Å². The minimum Gasteiger partial charge on any atom is -0.462 e. The van der Waals surface area contributed by atoms with Crippen molar-refractivity contribution in [1.82, 2.24) is 5.32 Å². The van der Waals surface area contributed by atoms with Gasteiger partial charge in [0.25, 0.3) is 0 Å². The van der Waals surface area contributed by atoms with Crippen molar-refractivity contribution in [3.63, 3.8) is 0 Å². The lowest BCUT2D eigenvalue weighted by atomic mass is 9.98. The molecule has 136 valence electrons. The van der Waals surface area contributed by atoms with E-state index < -0.39 is 5.92 Å². The first kappa shape index (κ1) is 19.7. The number of carbonyl (C=O) groups excluding carboxylic acids is 2. The lowest BCUT2D eigenvalue weighted by molar-refractivity contribution is -0.145. The highest BCUT2D eigenvalue weighted by Gasteiger charge is 2.35. The Morgan fingerprint density at radius 1 is 1.36 bits per heavy atom. The Morgan fingerprint density at radius 3 is 2.84 bits per heavy atom. The summed E-state index contributed by atoms with van der Waals surface area (Å²) in [5, 5.41) is 6.12. The van der Waals surface area contributed by atoms with Gasteiger partial charge in [-0.15, -0.1) is 0 Å². The molecule has 25 heavy (non-hydrogen) atoms. The number of cyclic esters (lactones) is 1. The first-order valence-corrected chi connectivity index (χ1v) is 9.34. The van der Waals surface area contributed by atoms with Crippen LogP contribution in [-0.2, 0) is 14.3 Å². The average molecular weight is 383 g/mol. The minimum atomic E-state index is -0.394. The second-order valence-electron chi connectivity index (χ2n) is 6.17. The third-order valence-corrected chi connectivity index (χ3v) is 4.63. The van der Waals surface area contributed by atoms with Crippen LogP contribution in [0.25, 0.3) is 0 Å². The van der Waals surface area contributed by atoms with Crippen LogP contribution >= 0.6 is 23.8 Å². The summed E-state index contributed by atoms with van der Waals surface area (Å²) >= 11 is 11.2. The number of amides is 1. The number of hydrogen-bond acceptors (Lipinski definition) is 4. The summed E-state index contributed by atoms with van der Waals surface area (Å²) in [5.74, 6) is -0.989. The smallest absolute Gasteiger partial charge is 0.309 e. The Kier molecular flexibility index (Phi) is 7.65. The quantitative estimate of drug-likeness (QED) is 0.423. The molecule has 5 nitrogen and oxygen atoms in total. The first-order valence-electron chi connectivity index (χ1n) is 8.55. The lowest BCUT2D eigenvalue weighted by Gasteiger charge is -2.11.